The highest BCUT2D eigenvalue weighted by molar-refractivity contribution is 4.86. The van der Waals surface area contributed by atoms with Gasteiger partial charge in [0, 0.05) is 12.6 Å². The van der Waals surface area contributed by atoms with Crippen molar-refractivity contribution in [1.82, 2.24) is 5.32 Å². The molecular weight excluding hydrogens is 198 g/mol. The SMILES string of the molecule is C=CCCC(CC)NCC1(O)CCCCC1. The Morgan fingerprint density at radius 1 is 1.38 bits per heavy atom. The zero-order valence-electron chi connectivity index (χ0n) is 10.7. The Hall–Kier alpha value is -0.340. The van der Waals surface area contributed by atoms with Crippen LogP contribution in [0.5, 0.6) is 0 Å². The third-order valence-corrected chi connectivity index (χ3v) is 3.72. The van der Waals surface area contributed by atoms with Crippen molar-refractivity contribution in [2.45, 2.75) is 69.9 Å². The van der Waals surface area contributed by atoms with Crippen LogP contribution in [0.1, 0.15) is 58.3 Å². The van der Waals surface area contributed by atoms with E-state index in [0.717, 1.165) is 38.6 Å². The summed E-state index contributed by atoms with van der Waals surface area (Å²) in [6.07, 6.45) is 10.9. The molecule has 1 aliphatic rings. The number of hydrogen-bond acceptors (Lipinski definition) is 2. The molecule has 0 saturated heterocycles. The van der Waals surface area contributed by atoms with Crippen LogP contribution in [0.4, 0.5) is 0 Å². The van der Waals surface area contributed by atoms with E-state index in [1.165, 1.54) is 19.3 Å². The molecule has 2 N–H and O–H groups in total. The number of rotatable bonds is 7. The molecule has 0 aliphatic heterocycles. The molecular formula is C14H27NO. The average molecular weight is 225 g/mol. The van der Waals surface area contributed by atoms with Gasteiger partial charge in [-0.3, -0.25) is 0 Å². The van der Waals surface area contributed by atoms with Gasteiger partial charge in [0.25, 0.3) is 0 Å². The number of allylic oxidation sites excluding steroid dienone is 1. The molecule has 1 atom stereocenters. The van der Waals surface area contributed by atoms with Crippen molar-refractivity contribution >= 4 is 0 Å². The van der Waals surface area contributed by atoms with E-state index in [1.54, 1.807) is 0 Å². The molecule has 94 valence electrons. The molecule has 0 aromatic heterocycles. The Bertz CT molecular complexity index is 197. The summed E-state index contributed by atoms with van der Waals surface area (Å²) < 4.78 is 0. The lowest BCUT2D eigenvalue weighted by atomic mass is 9.84. The molecule has 2 nitrogen and oxygen atoms in total. The fourth-order valence-electron chi connectivity index (χ4n) is 2.49. The van der Waals surface area contributed by atoms with Crippen molar-refractivity contribution in [2.75, 3.05) is 6.54 Å². The van der Waals surface area contributed by atoms with Crippen molar-refractivity contribution in [3.05, 3.63) is 12.7 Å². The summed E-state index contributed by atoms with van der Waals surface area (Å²) in [5, 5.41) is 13.9. The van der Waals surface area contributed by atoms with Crippen molar-refractivity contribution in [3.63, 3.8) is 0 Å². The molecule has 0 radical (unpaired) electrons. The van der Waals surface area contributed by atoms with E-state index in [4.69, 9.17) is 0 Å². The first-order chi connectivity index (χ1) is 7.70. The summed E-state index contributed by atoms with van der Waals surface area (Å²) >= 11 is 0. The Morgan fingerprint density at radius 2 is 2.06 bits per heavy atom. The standard InChI is InChI=1S/C14H27NO/c1-3-5-9-13(4-2)15-12-14(16)10-7-6-8-11-14/h3,13,15-16H,1,4-12H2,2H3. The summed E-state index contributed by atoms with van der Waals surface area (Å²) in [4.78, 5) is 0. The van der Waals surface area contributed by atoms with Gasteiger partial charge in [-0.25, -0.2) is 0 Å². The summed E-state index contributed by atoms with van der Waals surface area (Å²) in [7, 11) is 0. The monoisotopic (exact) mass is 225 g/mol. The normalized spacial score (nSPS) is 21.6. The molecule has 1 aliphatic carbocycles. The fourth-order valence-corrected chi connectivity index (χ4v) is 2.49. The van der Waals surface area contributed by atoms with E-state index in [-0.39, 0.29) is 0 Å². The minimum atomic E-state index is -0.431. The molecule has 0 aromatic rings. The second-order valence-corrected chi connectivity index (χ2v) is 5.14. The summed E-state index contributed by atoms with van der Waals surface area (Å²) in [5.41, 5.74) is -0.431. The van der Waals surface area contributed by atoms with Crippen LogP contribution in [0.2, 0.25) is 0 Å². The minimum Gasteiger partial charge on any atom is -0.389 e. The van der Waals surface area contributed by atoms with E-state index in [9.17, 15) is 5.11 Å². The van der Waals surface area contributed by atoms with E-state index in [0.29, 0.717) is 6.04 Å². The molecule has 2 heteroatoms. The third kappa shape index (κ3) is 4.67. The topological polar surface area (TPSA) is 32.3 Å². The summed E-state index contributed by atoms with van der Waals surface area (Å²) in [6, 6.07) is 0.531. The van der Waals surface area contributed by atoms with Gasteiger partial charge < -0.3 is 10.4 Å². The number of aliphatic hydroxyl groups is 1. The predicted molar refractivity (Wildman–Crippen MR) is 69.5 cm³/mol. The van der Waals surface area contributed by atoms with Crippen molar-refractivity contribution in [3.8, 4) is 0 Å². The van der Waals surface area contributed by atoms with Gasteiger partial charge >= 0.3 is 0 Å². The molecule has 0 aromatic carbocycles. The van der Waals surface area contributed by atoms with Crippen molar-refractivity contribution in [1.29, 1.82) is 0 Å². The van der Waals surface area contributed by atoms with Gasteiger partial charge in [0.05, 0.1) is 5.60 Å². The smallest absolute Gasteiger partial charge is 0.0771 e. The maximum absolute atomic E-state index is 10.4. The lowest BCUT2D eigenvalue weighted by Crippen LogP contribution is -2.45. The average Bonchev–Trinajstić information content (AvgIpc) is 2.30. The van der Waals surface area contributed by atoms with Gasteiger partial charge in [-0.1, -0.05) is 32.3 Å². The molecule has 1 saturated carbocycles. The van der Waals surface area contributed by atoms with Crippen LogP contribution in [-0.4, -0.2) is 23.3 Å². The second-order valence-electron chi connectivity index (χ2n) is 5.14. The lowest BCUT2D eigenvalue weighted by molar-refractivity contribution is 0.00236. The quantitative estimate of drug-likeness (QED) is 0.653. The second kappa shape index (κ2) is 7.08. The van der Waals surface area contributed by atoms with Gasteiger partial charge in [0.1, 0.15) is 0 Å². The Morgan fingerprint density at radius 3 is 2.62 bits per heavy atom. The van der Waals surface area contributed by atoms with Crippen LogP contribution < -0.4 is 5.32 Å². The van der Waals surface area contributed by atoms with Crippen LogP contribution >= 0.6 is 0 Å². The highest BCUT2D eigenvalue weighted by Crippen LogP contribution is 2.27. The van der Waals surface area contributed by atoms with Crippen LogP contribution in [0.15, 0.2) is 12.7 Å². The predicted octanol–water partition coefficient (Wildman–Crippen LogP) is 3.02. The van der Waals surface area contributed by atoms with Crippen molar-refractivity contribution in [2.24, 2.45) is 0 Å². The first-order valence-corrected chi connectivity index (χ1v) is 6.77. The largest absolute Gasteiger partial charge is 0.389 e. The van der Waals surface area contributed by atoms with E-state index in [2.05, 4.69) is 18.8 Å². The summed E-state index contributed by atoms with van der Waals surface area (Å²) in [6.45, 7) is 6.72. The van der Waals surface area contributed by atoms with E-state index >= 15 is 0 Å². The molecule has 1 unspecified atom stereocenters. The summed E-state index contributed by atoms with van der Waals surface area (Å²) in [5.74, 6) is 0. The van der Waals surface area contributed by atoms with Crippen LogP contribution in [0, 0.1) is 0 Å². The Labute approximate surface area is 100 Å². The van der Waals surface area contributed by atoms with Gasteiger partial charge in [0.15, 0.2) is 0 Å². The Kier molecular flexibility index (Phi) is 6.07. The minimum absolute atomic E-state index is 0.431. The van der Waals surface area contributed by atoms with Gasteiger partial charge in [-0.2, -0.15) is 0 Å². The molecule has 0 amide bonds. The lowest BCUT2D eigenvalue weighted by Gasteiger charge is -2.33. The molecule has 1 fully saturated rings. The maximum Gasteiger partial charge on any atom is 0.0771 e. The first kappa shape index (κ1) is 13.7. The van der Waals surface area contributed by atoms with Gasteiger partial charge in [-0.15, -0.1) is 6.58 Å². The van der Waals surface area contributed by atoms with E-state index < -0.39 is 5.60 Å². The number of nitrogens with one attached hydrogen (secondary N) is 1. The molecule has 0 bridgehead atoms. The van der Waals surface area contributed by atoms with Crippen LogP contribution in [-0.2, 0) is 0 Å². The van der Waals surface area contributed by atoms with Crippen LogP contribution in [0.3, 0.4) is 0 Å². The molecule has 0 spiro atoms. The highest BCUT2D eigenvalue weighted by atomic mass is 16.3. The zero-order valence-corrected chi connectivity index (χ0v) is 10.7. The van der Waals surface area contributed by atoms with Crippen LogP contribution in [0.25, 0.3) is 0 Å². The highest BCUT2D eigenvalue weighted by Gasteiger charge is 2.29. The Balaban J connectivity index is 2.26. The van der Waals surface area contributed by atoms with E-state index in [1.807, 2.05) is 6.08 Å². The first-order valence-electron chi connectivity index (χ1n) is 6.77. The molecule has 1 rings (SSSR count). The van der Waals surface area contributed by atoms with Crippen molar-refractivity contribution < 1.29 is 5.11 Å². The maximum atomic E-state index is 10.4. The third-order valence-electron chi connectivity index (χ3n) is 3.72. The molecule has 0 heterocycles. The fraction of sp³-hybridized carbons (Fsp3) is 0.857. The molecule has 16 heavy (non-hydrogen) atoms. The zero-order chi connectivity index (χ0) is 11.9. The number of hydrogen-bond donors (Lipinski definition) is 2. The van der Waals surface area contributed by atoms with Gasteiger partial charge in [0.2, 0.25) is 0 Å². The van der Waals surface area contributed by atoms with Gasteiger partial charge in [-0.05, 0) is 32.1 Å².